The molecule has 0 bridgehead atoms. The van der Waals surface area contributed by atoms with Gasteiger partial charge in [-0.2, -0.15) is 0 Å². The second-order valence-electron chi connectivity index (χ2n) is 9.58. The number of carbonyl (C=O) groups excluding carboxylic acids is 2. The Kier molecular flexibility index (Phi) is 5.87. The van der Waals surface area contributed by atoms with Crippen LogP contribution in [0.5, 0.6) is 0 Å². The van der Waals surface area contributed by atoms with Crippen molar-refractivity contribution in [3.8, 4) is 11.3 Å². The molecule has 38 heavy (non-hydrogen) atoms. The molecule has 2 aliphatic heterocycles. The Morgan fingerprint density at radius 1 is 1.16 bits per heavy atom. The predicted molar refractivity (Wildman–Crippen MR) is 142 cm³/mol. The number of carbonyl (C=O) groups is 2. The first-order valence-corrected chi connectivity index (χ1v) is 12.6. The van der Waals surface area contributed by atoms with Crippen molar-refractivity contribution < 1.29 is 14.0 Å². The van der Waals surface area contributed by atoms with E-state index in [4.69, 9.17) is 22.3 Å². The van der Waals surface area contributed by atoms with Crippen LogP contribution in [0.25, 0.3) is 16.8 Å². The molecule has 6 rings (SSSR count). The first-order valence-electron chi connectivity index (χ1n) is 12.2. The van der Waals surface area contributed by atoms with E-state index in [1.54, 1.807) is 28.9 Å². The molecule has 1 aromatic carbocycles. The molecule has 0 aliphatic carbocycles. The lowest BCUT2D eigenvalue weighted by Crippen LogP contribution is -2.44. The average Bonchev–Trinajstić information content (AvgIpc) is 3.47. The van der Waals surface area contributed by atoms with Crippen molar-refractivity contribution in [2.45, 2.75) is 19.3 Å². The molecule has 2 saturated heterocycles. The Balaban J connectivity index is 1.31. The molecule has 3 aromatic heterocycles. The van der Waals surface area contributed by atoms with E-state index in [9.17, 15) is 9.59 Å². The summed E-state index contributed by atoms with van der Waals surface area (Å²) in [6.07, 6.45) is 6.98. The number of anilines is 3. The number of nitrogens with two attached hydrogens (primary N) is 1. The van der Waals surface area contributed by atoms with Crippen LogP contribution in [0.2, 0.25) is 5.02 Å². The Morgan fingerprint density at radius 3 is 2.66 bits per heavy atom. The number of imidazole rings is 1. The fraction of sp³-hybridized carbons (Fsp3) is 0.269. The Labute approximate surface area is 222 Å². The number of hydrogen-bond donors (Lipinski definition) is 3. The van der Waals surface area contributed by atoms with E-state index in [1.165, 1.54) is 18.3 Å². The predicted octanol–water partition coefficient (Wildman–Crippen LogP) is 3.52. The van der Waals surface area contributed by atoms with E-state index in [-0.39, 0.29) is 28.3 Å². The van der Waals surface area contributed by atoms with Gasteiger partial charge in [-0.25, -0.2) is 19.3 Å². The van der Waals surface area contributed by atoms with Gasteiger partial charge in [-0.3, -0.25) is 14.0 Å². The molecule has 0 atom stereocenters. The lowest BCUT2D eigenvalue weighted by molar-refractivity contribution is -0.128. The highest BCUT2D eigenvalue weighted by molar-refractivity contribution is 6.30. The quantitative estimate of drug-likeness (QED) is 0.365. The Hall–Kier alpha value is -4.25. The van der Waals surface area contributed by atoms with E-state index in [1.807, 2.05) is 0 Å². The minimum Gasteiger partial charge on any atom is -0.382 e. The molecule has 12 heteroatoms. The van der Waals surface area contributed by atoms with Gasteiger partial charge >= 0.3 is 0 Å². The number of halogens is 2. The summed E-state index contributed by atoms with van der Waals surface area (Å²) >= 11 is 5.83. The minimum atomic E-state index is -0.628. The molecule has 194 valence electrons. The second kappa shape index (κ2) is 9.25. The summed E-state index contributed by atoms with van der Waals surface area (Å²) in [5.74, 6) is 0.0901. The fourth-order valence-corrected chi connectivity index (χ4v) is 5.39. The molecule has 0 unspecified atom stereocenters. The highest BCUT2D eigenvalue weighted by Gasteiger charge is 2.45. The van der Waals surface area contributed by atoms with Gasteiger partial charge in [0.2, 0.25) is 11.9 Å². The summed E-state index contributed by atoms with van der Waals surface area (Å²) in [5, 5.41) is 6.01. The monoisotopic (exact) mass is 534 g/mol. The third-order valence-corrected chi connectivity index (χ3v) is 7.62. The summed E-state index contributed by atoms with van der Waals surface area (Å²) in [7, 11) is 0. The number of amides is 2. The molecule has 0 radical (unpaired) electrons. The van der Waals surface area contributed by atoms with Crippen molar-refractivity contribution in [1.29, 1.82) is 0 Å². The number of benzene rings is 1. The summed E-state index contributed by atoms with van der Waals surface area (Å²) in [4.78, 5) is 40.2. The number of nitrogens with zero attached hydrogens (tertiary/aromatic N) is 5. The lowest BCUT2D eigenvalue weighted by Gasteiger charge is -2.37. The average molecular weight is 535 g/mol. The van der Waals surface area contributed by atoms with Gasteiger partial charge in [0.15, 0.2) is 0 Å². The van der Waals surface area contributed by atoms with Crippen LogP contribution in [-0.4, -0.2) is 50.8 Å². The molecule has 1 spiro atoms. The fourth-order valence-electron chi connectivity index (χ4n) is 5.27. The van der Waals surface area contributed by atoms with Gasteiger partial charge in [-0.1, -0.05) is 11.6 Å². The zero-order valence-corrected chi connectivity index (χ0v) is 21.0. The second-order valence-corrected chi connectivity index (χ2v) is 10.0. The third-order valence-electron chi connectivity index (χ3n) is 7.39. The van der Waals surface area contributed by atoms with Crippen LogP contribution in [0.15, 0.2) is 48.9 Å². The Morgan fingerprint density at radius 2 is 1.97 bits per heavy atom. The first-order chi connectivity index (χ1) is 18.3. The van der Waals surface area contributed by atoms with Gasteiger partial charge in [0, 0.05) is 49.4 Å². The molecule has 4 N–H and O–H groups in total. The number of fused-ring (bicyclic) bond motifs is 1. The van der Waals surface area contributed by atoms with Gasteiger partial charge in [0.25, 0.3) is 5.91 Å². The summed E-state index contributed by atoms with van der Waals surface area (Å²) in [6, 6.07) is 7.33. The van der Waals surface area contributed by atoms with Crippen LogP contribution >= 0.6 is 11.6 Å². The molecule has 2 amide bonds. The third kappa shape index (κ3) is 4.08. The van der Waals surface area contributed by atoms with E-state index in [2.05, 4.69) is 25.5 Å². The van der Waals surface area contributed by atoms with Crippen LogP contribution in [0.4, 0.5) is 22.0 Å². The normalized spacial score (nSPS) is 16.7. The van der Waals surface area contributed by atoms with Crippen molar-refractivity contribution in [3.63, 3.8) is 0 Å². The van der Waals surface area contributed by atoms with Crippen molar-refractivity contribution in [1.82, 2.24) is 24.7 Å². The number of nitrogen functional groups attached to an aromatic ring is 1. The topological polar surface area (TPSA) is 131 Å². The van der Waals surface area contributed by atoms with Crippen molar-refractivity contribution in [3.05, 3.63) is 65.3 Å². The van der Waals surface area contributed by atoms with E-state index >= 15 is 4.39 Å². The van der Waals surface area contributed by atoms with Gasteiger partial charge < -0.3 is 21.3 Å². The molecule has 2 aliphatic rings. The molecule has 4 aromatic rings. The number of piperidine rings is 1. The van der Waals surface area contributed by atoms with Crippen molar-refractivity contribution >= 4 is 46.5 Å². The zero-order valence-electron chi connectivity index (χ0n) is 20.2. The van der Waals surface area contributed by atoms with Crippen LogP contribution in [0, 0.1) is 11.2 Å². The highest BCUT2D eigenvalue weighted by atomic mass is 35.5. The van der Waals surface area contributed by atoms with Gasteiger partial charge in [0.05, 0.1) is 10.4 Å². The number of pyridine rings is 1. The lowest BCUT2D eigenvalue weighted by atomic mass is 9.77. The molecular weight excluding hydrogens is 511 g/mol. The van der Waals surface area contributed by atoms with E-state index < -0.39 is 11.7 Å². The maximum Gasteiger partial charge on any atom is 0.256 e. The van der Waals surface area contributed by atoms with Crippen molar-refractivity contribution in [2.24, 2.45) is 5.41 Å². The molecule has 5 heterocycles. The molecule has 2 fully saturated rings. The SMILES string of the molecule is Nc1nccn2c(N3CCC4(CCNC4=O)CC3)nc(-c3ccc(C(=O)Nc4ccc(Cl)cn4)cc3F)c12. The molecule has 0 saturated carbocycles. The van der Waals surface area contributed by atoms with E-state index in [0.717, 1.165) is 12.5 Å². The summed E-state index contributed by atoms with van der Waals surface area (Å²) in [6.45, 7) is 1.98. The van der Waals surface area contributed by atoms with Crippen molar-refractivity contribution in [2.75, 3.05) is 35.6 Å². The molecular formula is C26H24ClFN8O2. The van der Waals surface area contributed by atoms with Gasteiger partial charge in [-0.15, -0.1) is 0 Å². The molecule has 10 nitrogen and oxygen atoms in total. The summed E-state index contributed by atoms with van der Waals surface area (Å²) < 4.78 is 17.3. The van der Waals surface area contributed by atoms with Crippen LogP contribution in [-0.2, 0) is 4.79 Å². The van der Waals surface area contributed by atoms with E-state index in [0.29, 0.717) is 60.5 Å². The Bertz CT molecular complexity index is 1560. The highest BCUT2D eigenvalue weighted by Crippen LogP contribution is 2.40. The maximum atomic E-state index is 15.5. The minimum absolute atomic E-state index is 0.119. The number of aromatic nitrogens is 4. The number of rotatable bonds is 4. The number of nitrogens with one attached hydrogen (secondary N) is 2. The standard InChI is InChI=1S/C26H24ClFN8O2/c27-16-2-4-19(32-14-16)33-23(37)15-1-3-17(18(28)13-15)20-21-22(29)30-9-12-36(21)25(34-20)35-10-6-26(7-11-35)5-8-31-24(26)38/h1-4,9,12-14H,5-8,10-11H2,(H2,29,30)(H,31,38)(H,32,33,37). The maximum absolute atomic E-state index is 15.5. The zero-order chi connectivity index (χ0) is 26.4. The van der Waals surface area contributed by atoms with Crippen LogP contribution in [0.1, 0.15) is 29.6 Å². The first kappa shape index (κ1) is 24.1. The number of hydrogen-bond acceptors (Lipinski definition) is 7. The smallest absolute Gasteiger partial charge is 0.256 e. The van der Waals surface area contributed by atoms with Crippen LogP contribution in [0.3, 0.4) is 0 Å². The largest absolute Gasteiger partial charge is 0.382 e. The summed E-state index contributed by atoms with van der Waals surface area (Å²) in [5.41, 5.74) is 7.02. The van der Waals surface area contributed by atoms with Crippen LogP contribution < -0.4 is 21.3 Å². The van der Waals surface area contributed by atoms with Gasteiger partial charge in [0.1, 0.15) is 28.7 Å². The van der Waals surface area contributed by atoms with Gasteiger partial charge in [-0.05, 0) is 49.6 Å².